The molecule has 0 saturated heterocycles. The Morgan fingerprint density at radius 2 is 2.29 bits per heavy atom. The molecule has 0 spiro atoms. The third kappa shape index (κ3) is 2.18. The second-order valence-electron chi connectivity index (χ2n) is 3.93. The van der Waals surface area contributed by atoms with E-state index in [-0.39, 0.29) is 12.3 Å². The van der Waals surface area contributed by atoms with Crippen LogP contribution in [-0.4, -0.2) is 23.0 Å². The molecule has 6 heteroatoms. The fourth-order valence-electron chi connectivity index (χ4n) is 1.90. The number of halogens is 1. The van der Waals surface area contributed by atoms with Crippen molar-refractivity contribution in [2.45, 2.75) is 18.4 Å². The van der Waals surface area contributed by atoms with Crippen molar-refractivity contribution in [2.24, 2.45) is 5.73 Å². The van der Waals surface area contributed by atoms with Crippen LogP contribution in [0.25, 0.3) is 0 Å². The van der Waals surface area contributed by atoms with E-state index in [0.29, 0.717) is 5.69 Å². The molecule has 4 N–H and O–H groups in total. The van der Waals surface area contributed by atoms with Crippen molar-refractivity contribution in [1.29, 1.82) is 0 Å². The summed E-state index contributed by atoms with van der Waals surface area (Å²) in [6.45, 7) is 0. The summed E-state index contributed by atoms with van der Waals surface area (Å²) in [7, 11) is 0. The van der Waals surface area contributed by atoms with E-state index in [4.69, 9.17) is 10.8 Å². The predicted molar refractivity (Wildman–Crippen MR) is 65.7 cm³/mol. The van der Waals surface area contributed by atoms with Crippen LogP contribution in [0.3, 0.4) is 0 Å². The minimum absolute atomic E-state index is 0.102. The fourth-order valence-corrected chi connectivity index (χ4v) is 2.38. The number of benzene rings is 1. The Labute approximate surface area is 106 Å². The molecule has 0 fully saturated rings. The van der Waals surface area contributed by atoms with Crippen LogP contribution in [0.5, 0.6) is 0 Å². The zero-order valence-electron chi connectivity index (χ0n) is 8.81. The number of carbonyl (C=O) groups excluding carboxylic acids is 1. The Hall–Kier alpha value is -1.40. The molecule has 2 unspecified atom stereocenters. The minimum Gasteiger partial charge on any atom is -0.480 e. The van der Waals surface area contributed by atoms with Gasteiger partial charge in [-0.15, -0.1) is 0 Å². The molecule has 0 aromatic heterocycles. The number of hydrogen-bond acceptors (Lipinski definition) is 3. The summed E-state index contributed by atoms with van der Waals surface area (Å²) >= 11 is 3.34. The largest absolute Gasteiger partial charge is 0.480 e. The molecule has 2 atom stereocenters. The summed E-state index contributed by atoms with van der Waals surface area (Å²) in [6.07, 6.45) is 0.102. The number of rotatable bonds is 3. The molecule has 1 heterocycles. The quantitative estimate of drug-likeness (QED) is 0.784. The third-order valence-electron chi connectivity index (χ3n) is 2.79. The third-order valence-corrected chi connectivity index (χ3v) is 3.45. The standard InChI is InChI=1S/C11H11BrN2O3/c12-7-3-1-2-5-6(4-8(13)11(16)17)10(15)14-9(5)7/h1-3,6,8H,4,13H2,(H,14,15)(H,16,17). The molecular formula is C11H11BrN2O3. The van der Waals surface area contributed by atoms with Crippen LogP contribution in [0.15, 0.2) is 22.7 Å². The van der Waals surface area contributed by atoms with Crippen LogP contribution in [0.4, 0.5) is 5.69 Å². The molecule has 0 radical (unpaired) electrons. The highest BCUT2D eigenvalue weighted by atomic mass is 79.9. The van der Waals surface area contributed by atoms with Gasteiger partial charge in [0.05, 0.1) is 11.6 Å². The zero-order chi connectivity index (χ0) is 12.6. The molecular weight excluding hydrogens is 288 g/mol. The number of carboxylic acid groups (broad SMARTS) is 1. The van der Waals surface area contributed by atoms with Crippen LogP contribution in [0.1, 0.15) is 17.9 Å². The summed E-state index contributed by atoms with van der Waals surface area (Å²) < 4.78 is 0.787. The maximum absolute atomic E-state index is 11.8. The molecule has 0 bridgehead atoms. The van der Waals surface area contributed by atoms with Crippen molar-refractivity contribution in [3.05, 3.63) is 28.2 Å². The van der Waals surface area contributed by atoms with Gasteiger partial charge in [0, 0.05) is 4.47 Å². The lowest BCUT2D eigenvalue weighted by Crippen LogP contribution is -2.33. The van der Waals surface area contributed by atoms with Gasteiger partial charge in [0.25, 0.3) is 0 Å². The van der Waals surface area contributed by atoms with E-state index in [1.807, 2.05) is 12.1 Å². The second kappa shape index (κ2) is 4.46. The molecule has 17 heavy (non-hydrogen) atoms. The number of carboxylic acids is 1. The number of nitrogens with two attached hydrogens (primary N) is 1. The Balaban J connectivity index is 2.29. The van der Waals surface area contributed by atoms with Crippen LogP contribution in [0, 0.1) is 0 Å². The van der Waals surface area contributed by atoms with Gasteiger partial charge in [0.15, 0.2) is 0 Å². The first-order valence-corrected chi connectivity index (χ1v) is 5.87. The van der Waals surface area contributed by atoms with Crippen molar-refractivity contribution in [1.82, 2.24) is 0 Å². The van der Waals surface area contributed by atoms with Crippen molar-refractivity contribution in [3.63, 3.8) is 0 Å². The number of anilines is 1. The minimum atomic E-state index is -1.10. The summed E-state index contributed by atoms with van der Waals surface area (Å²) in [5.74, 6) is -1.79. The Morgan fingerprint density at radius 3 is 2.94 bits per heavy atom. The predicted octanol–water partition coefficient (Wildman–Crippen LogP) is 1.29. The summed E-state index contributed by atoms with van der Waals surface area (Å²) in [5.41, 5.74) is 6.96. The van der Waals surface area contributed by atoms with E-state index >= 15 is 0 Å². The Kier molecular flexibility index (Phi) is 3.17. The number of carbonyl (C=O) groups is 2. The Bertz CT molecular complexity index is 490. The van der Waals surface area contributed by atoms with Crippen LogP contribution in [0.2, 0.25) is 0 Å². The average Bonchev–Trinajstić information content (AvgIpc) is 2.58. The maximum atomic E-state index is 11.8. The maximum Gasteiger partial charge on any atom is 0.320 e. The molecule has 1 aromatic rings. The lowest BCUT2D eigenvalue weighted by atomic mass is 9.94. The SMILES string of the molecule is NC(CC1C(=O)Nc2c(Br)cccc21)C(=O)O. The van der Waals surface area contributed by atoms with Gasteiger partial charge < -0.3 is 16.2 Å². The second-order valence-corrected chi connectivity index (χ2v) is 4.78. The van der Waals surface area contributed by atoms with Crippen LogP contribution in [-0.2, 0) is 9.59 Å². The monoisotopic (exact) mass is 298 g/mol. The molecule has 1 aliphatic rings. The highest BCUT2D eigenvalue weighted by Crippen LogP contribution is 2.39. The molecule has 0 aliphatic carbocycles. The number of amides is 1. The molecule has 2 rings (SSSR count). The summed E-state index contributed by atoms with van der Waals surface area (Å²) in [4.78, 5) is 22.5. The number of hydrogen-bond donors (Lipinski definition) is 3. The van der Waals surface area contributed by atoms with Gasteiger partial charge in [0.2, 0.25) is 5.91 Å². The molecule has 5 nitrogen and oxygen atoms in total. The average molecular weight is 299 g/mol. The van der Waals surface area contributed by atoms with Crippen molar-refractivity contribution >= 4 is 33.5 Å². The van der Waals surface area contributed by atoms with Crippen molar-refractivity contribution in [2.75, 3.05) is 5.32 Å². The van der Waals surface area contributed by atoms with E-state index in [1.165, 1.54) is 0 Å². The number of nitrogens with one attached hydrogen (secondary N) is 1. The van der Waals surface area contributed by atoms with Crippen LogP contribution >= 0.6 is 15.9 Å². The summed E-state index contributed by atoms with van der Waals surface area (Å²) in [6, 6.07) is 4.40. The van der Waals surface area contributed by atoms with Gasteiger partial charge in [-0.2, -0.15) is 0 Å². The van der Waals surface area contributed by atoms with E-state index in [9.17, 15) is 9.59 Å². The van der Waals surface area contributed by atoms with E-state index in [0.717, 1.165) is 10.0 Å². The molecule has 1 amide bonds. The van der Waals surface area contributed by atoms with Gasteiger partial charge in [0.1, 0.15) is 6.04 Å². The molecule has 1 aliphatic heterocycles. The van der Waals surface area contributed by atoms with Crippen molar-refractivity contribution in [3.8, 4) is 0 Å². The smallest absolute Gasteiger partial charge is 0.320 e. The topological polar surface area (TPSA) is 92.4 Å². The number of fused-ring (bicyclic) bond motifs is 1. The molecule has 0 saturated carbocycles. The van der Waals surface area contributed by atoms with Crippen LogP contribution < -0.4 is 11.1 Å². The van der Waals surface area contributed by atoms with Gasteiger partial charge in [-0.3, -0.25) is 9.59 Å². The fraction of sp³-hybridized carbons (Fsp3) is 0.273. The zero-order valence-corrected chi connectivity index (χ0v) is 10.4. The first-order valence-electron chi connectivity index (χ1n) is 5.08. The summed E-state index contributed by atoms with van der Waals surface area (Å²) in [5, 5.41) is 11.5. The van der Waals surface area contributed by atoms with Gasteiger partial charge in [-0.05, 0) is 34.0 Å². The lowest BCUT2D eigenvalue weighted by Gasteiger charge is -2.11. The van der Waals surface area contributed by atoms with Gasteiger partial charge in [-0.1, -0.05) is 12.1 Å². The Morgan fingerprint density at radius 1 is 1.59 bits per heavy atom. The first-order chi connectivity index (χ1) is 8.00. The molecule has 1 aromatic carbocycles. The van der Waals surface area contributed by atoms with E-state index < -0.39 is 17.9 Å². The molecule has 90 valence electrons. The lowest BCUT2D eigenvalue weighted by molar-refractivity contribution is -0.138. The normalized spacial score (nSPS) is 19.6. The van der Waals surface area contributed by atoms with Gasteiger partial charge >= 0.3 is 5.97 Å². The van der Waals surface area contributed by atoms with E-state index in [2.05, 4.69) is 21.2 Å². The van der Waals surface area contributed by atoms with Crippen molar-refractivity contribution < 1.29 is 14.7 Å². The highest BCUT2D eigenvalue weighted by Gasteiger charge is 2.34. The van der Waals surface area contributed by atoms with E-state index in [1.54, 1.807) is 6.07 Å². The number of para-hydroxylation sites is 1. The van der Waals surface area contributed by atoms with Gasteiger partial charge in [-0.25, -0.2) is 0 Å². The first kappa shape index (κ1) is 12.1. The highest BCUT2D eigenvalue weighted by molar-refractivity contribution is 9.10. The number of aliphatic carboxylic acids is 1.